The van der Waals surface area contributed by atoms with E-state index in [1.54, 1.807) is 6.07 Å². The van der Waals surface area contributed by atoms with Crippen LogP contribution in [0.5, 0.6) is 0 Å². The highest BCUT2D eigenvalue weighted by atomic mass is 19.1. The van der Waals surface area contributed by atoms with E-state index in [1.807, 2.05) is 11.8 Å². The Hall–Kier alpha value is -3.70. The van der Waals surface area contributed by atoms with Gasteiger partial charge in [0, 0.05) is 36.6 Å². The minimum Gasteiger partial charge on any atom is -0.395 e. The maximum absolute atomic E-state index is 15.1. The summed E-state index contributed by atoms with van der Waals surface area (Å²) in [5, 5.41) is 13.7. The van der Waals surface area contributed by atoms with Gasteiger partial charge in [-0.3, -0.25) is 4.98 Å². The number of halogens is 2. The molecule has 3 aromatic rings. The van der Waals surface area contributed by atoms with E-state index in [9.17, 15) is 9.18 Å². The highest BCUT2D eigenvalue weighted by Gasteiger charge is 2.23. The van der Waals surface area contributed by atoms with Crippen LogP contribution in [-0.2, 0) is 4.74 Å². The van der Waals surface area contributed by atoms with Crippen molar-refractivity contribution in [2.24, 2.45) is 0 Å². The Kier molecular flexibility index (Phi) is 7.24. The number of rotatable bonds is 6. The number of amides is 2. The van der Waals surface area contributed by atoms with E-state index >= 15 is 4.39 Å². The molecule has 0 aliphatic carbocycles. The fourth-order valence-electron chi connectivity index (χ4n) is 3.59. The lowest BCUT2D eigenvalue weighted by Gasteiger charge is -2.34. The number of aliphatic hydroxyl groups excluding tert-OH is 1. The number of aromatic nitrogens is 3. The lowest BCUT2D eigenvalue weighted by Crippen LogP contribution is -2.44. The first kappa shape index (κ1) is 23.5. The van der Waals surface area contributed by atoms with Gasteiger partial charge >= 0.3 is 6.03 Å². The molecule has 3 N–H and O–H groups in total. The lowest BCUT2D eigenvalue weighted by atomic mass is 10.1. The highest BCUT2D eigenvalue weighted by Crippen LogP contribution is 2.30. The number of aliphatic hydroxyl groups is 1. The first-order valence-electron chi connectivity index (χ1n) is 10.7. The largest absolute Gasteiger partial charge is 0.395 e. The number of morpholine rings is 1. The Bertz CT molecular complexity index is 1180. The summed E-state index contributed by atoms with van der Waals surface area (Å²) in [5.74, 6) is -0.482. The Morgan fingerprint density at radius 1 is 1.24 bits per heavy atom. The van der Waals surface area contributed by atoms with Crippen molar-refractivity contribution in [2.75, 3.05) is 43.1 Å². The second-order valence-electron chi connectivity index (χ2n) is 7.74. The first-order valence-corrected chi connectivity index (χ1v) is 10.7. The molecule has 0 radical (unpaired) electrons. The number of hydrogen-bond donors (Lipinski definition) is 3. The van der Waals surface area contributed by atoms with E-state index in [0.717, 1.165) is 12.3 Å². The minimum absolute atomic E-state index is 0.0313. The van der Waals surface area contributed by atoms with Crippen molar-refractivity contribution in [3.05, 3.63) is 54.4 Å². The Labute approximate surface area is 194 Å². The van der Waals surface area contributed by atoms with E-state index in [4.69, 9.17) is 9.84 Å². The molecule has 0 spiro atoms. The average Bonchev–Trinajstić information content (AvgIpc) is 2.83. The number of urea groups is 1. The topological polar surface area (TPSA) is 112 Å². The predicted octanol–water partition coefficient (Wildman–Crippen LogP) is 2.82. The number of carbonyl (C=O) groups is 1. The SMILES string of the molecule is CC1COCCN1c1cc(-c2cncc(F)c2)nc(-c2ccc(NC(=O)NCCO)cc2F)n1. The fourth-order valence-corrected chi connectivity index (χ4v) is 3.59. The van der Waals surface area contributed by atoms with Crippen LogP contribution in [0.25, 0.3) is 22.6 Å². The van der Waals surface area contributed by atoms with Gasteiger partial charge in [-0.2, -0.15) is 0 Å². The van der Waals surface area contributed by atoms with Gasteiger partial charge in [-0.05, 0) is 31.2 Å². The van der Waals surface area contributed by atoms with Crippen LogP contribution in [0.2, 0.25) is 0 Å². The maximum Gasteiger partial charge on any atom is 0.319 e. The van der Waals surface area contributed by atoms with Gasteiger partial charge in [0.1, 0.15) is 17.5 Å². The van der Waals surface area contributed by atoms with Gasteiger partial charge in [0.2, 0.25) is 0 Å². The number of benzene rings is 1. The molecule has 2 aromatic heterocycles. The van der Waals surface area contributed by atoms with Crippen molar-refractivity contribution in [1.82, 2.24) is 20.3 Å². The van der Waals surface area contributed by atoms with Crippen LogP contribution in [0.15, 0.2) is 42.7 Å². The van der Waals surface area contributed by atoms with Crippen LogP contribution in [0.1, 0.15) is 6.92 Å². The van der Waals surface area contributed by atoms with Crippen molar-refractivity contribution in [3.8, 4) is 22.6 Å². The van der Waals surface area contributed by atoms with Gasteiger partial charge in [0.15, 0.2) is 5.82 Å². The van der Waals surface area contributed by atoms with Crippen molar-refractivity contribution in [2.45, 2.75) is 13.0 Å². The van der Waals surface area contributed by atoms with E-state index in [2.05, 4.69) is 25.6 Å². The molecule has 1 aliphatic rings. The second kappa shape index (κ2) is 10.5. The molecule has 1 atom stereocenters. The first-order chi connectivity index (χ1) is 16.4. The van der Waals surface area contributed by atoms with Crippen LogP contribution in [0.4, 0.5) is 25.1 Å². The molecule has 178 valence electrons. The van der Waals surface area contributed by atoms with Crippen molar-refractivity contribution in [1.29, 1.82) is 0 Å². The molecule has 2 amide bonds. The molecule has 34 heavy (non-hydrogen) atoms. The number of pyridine rings is 1. The standard InChI is InChI=1S/C23H24F2N6O3/c1-14-13-34-7-5-31(14)21-10-20(15-8-16(24)12-26-11-15)29-22(30-21)18-3-2-17(9-19(18)25)28-23(33)27-4-6-32/h2-3,8-12,14,32H,4-7,13H2,1H3,(H2,27,28,33). The molecule has 1 aliphatic heterocycles. The number of nitrogens with zero attached hydrogens (tertiary/aromatic N) is 4. The number of carbonyl (C=O) groups excluding carboxylic acids is 1. The Balaban J connectivity index is 1.72. The second-order valence-corrected chi connectivity index (χ2v) is 7.74. The summed E-state index contributed by atoms with van der Waals surface area (Å²) in [7, 11) is 0. The fraction of sp³-hybridized carbons (Fsp3) is 0.304. The molecule has 1 aromatic carbocycles. The third-order valence-corrected chi connectivity index (χ3v) is 5.24. The molecule has 0 bridgehead atoms. The Morgan fingerprint density at radius 3 is 2.82 bits per heavy atom. The van der Waals surface area contributed by atoms with Crippen molar-refractivity contribution >= 4 is 17.5 Å². The molecule has 9 nitrogen and oxygen atoms in total. The van der Waals surface area contributed by atoms with Crippen LogP contribution in [-0.4, -0.2) is 65.0 Å². The predicted molar refractivity (Wildman–Crippen MR) is 122 cm³/mol. The van der Waals surface area contributed by atoms with Crippen LogP contribution < -0.4 is 15.5 Å². The van der Waals surface area contributed by atoms with Crippen molar-refractivity contribution < 1.29 is 23.4 Å². The van der Waals surface area contributed by atoms with E-state index in [1.165, 1.54) is 24.4 Å². The zero-order valence-electron chi connectivity index (χ0n) is 18.5. The minimum atomic E-state index is -0.643. The monoisotopic (exact) mass is 470 g/mol. The number of hydrogen-bond acceptors (Lipinski definition) is 7. The molecule has 3 heterocycles. The summed E-state index contributed by atoms with van der Waals surface area (Å²) in [4.78, 5) is 26.8. The van der Waals surface area contributed by atoms with Crippen LogP contribution in [0.3, 0.4) is 0 Å². The highest BCUT2D eigenvalue weighted by molar-refractivity contribution is 5.89. The summed E-state index contributed by atoms with van der Waals surface area (Å²) in [6.45, 7) is 3.49. The summed E-state index contributed by atoms with van der Waals surface area (Å²) in [6.07, 6.45) is 2.58. The average molecular weight is 470 g/mol. The zero-order valence-corrected chi connectivity index (χ0v) is 18.5. The smallest absolute Gasteiger partial charge is 0.319 e. The van der Waals surface area contributed by atoms with Gasteiger partial charge in [-0.25, -0.2) is 23.5 Å². The number of nitrogens with one attached hydrogen (secondary N) is 2. The van der Waals surface area contributed by atoms with Gasteiger partial charge in [-0.1, -0.05) is 0 Å². The van der Waals surface area contributed by atoms with E-state index in [-0.39, 0.29) is 36.3 Å². The van der Waals surface area contributed by atoms with Crippen LogP contribution >= 0.6 is 0 Å². The quantitative estimate of drug-likeness (QED) is 0.508. The molecule has 11 heteroatoms. The molecule has 0 saturated carbocycles. The maximum atomic E-state index is 15.1. The van der Waals surface area contributed by atoms with E-state index in [0.29, 0.717) is 36.8 Å². The van der Waals surface area contributed by atoms with Gasteiger partial charge < -0.3 is 25.4 Å². The third kappa shape index (κ3) is 5.43. The van der Waals surface area contributed by atoms with E-state index < -0.39 is 17.7 Å². The molecular formula is C23H24F2N6O3. The summed E-state index contributed by atoms with van der Waals surface area (Å²) in [5.41, 5.74) is 1.18. The number of ether oxygens (including phenoxy) is 1. The third-order valence-electron chi connectivity index (χ3n) is 5.24. The molecule has 1 unspecified atom stereocenters. The van der Waals surface area contributed by atoms with Gasteiger partial charge in [-0.15, -0.1) is 0 Å². The normalized spacial score (nSPS) is 15.8. The summed E-state index contributed by atoms with van der Waals surface area (Å²) in [6, 6.07) is 6.64. The summed E-state index contributed by atoms with van der Waals surface area (Å²) < 4.78 is 34.4. The van der Waals surface area contributed by atoms with Gasteiger partial charge in [0.25, 0.3) is 0 Å². The molecular weight excluding hydrogens is 446 g/mol. The molecule has 4 rings (SSSR count). The summed E-state index contributed by atoms with van der Waals surface area (Å²) >= 11 is 0. The lowest BCUT2D eigenvalue weighted by molar-refractivity contribution is 0.0985. The molecule has 1 saturated heterocycles. The van der Waals surface area contributed by atoms with Crippen molar-refractivity contribution in [3.63, 3.8) is 0 Å². The number of anilines is 2. The Morgan fingerprint density at radius 2 is 2.09 bits per heavy atom. The van der Waals surface area contributed by atoms with Crippen LogP contribution in [0, 0.1) is 11.6 Å². The molecule has 1 fully saturated rings. The van der Waals surface area contributed by atoms with Gasteiger partial charge in [0.05, 0.1) is 43.3 Å². The zero-order chi connectivity index (χ0) is 24.1.